The minimum absolute atomic E-state index is 0.00802. The molecular weight excluding hydrogens is 332 g/mol. The Balaban J connectivity index is 1.64. The molecule has 0 aliphatic heterocycles. The third-order valence-electron chi connectivity index (χ3n) is 3.94. The van der Waals surface area contributed by atoms with Crippen molar-refractivity contribution in [2.45, 2.75) is 18.4 Å². The number of hydrogen-bond donors (Lipinski definition) is 2. The summed E-state index contributed by atoms with van der Waals surface area (Å²) in [6.45, 7) is -0.512. The Bertz CT molecular complexity index is 804. The predicted molar refractivity (Wildman–Crippen MR) is 84.5 cm³/mol. The van der Waals surface area contributed by atoms with Gasteiger partial charge in [0.2, 0.25) is 0 Å². The molecule has 1 aliphatic rings. The van der Waals surface area contributed by atoms with E-state index in [1.165, 1.54) is 30.3 Å². The third-order valence-corrected chi connectivity index (χ3v) is 3.94. The average Bonchev–Trinajstić information content (AvgIpc) is 3.31. The smallest absolute Gasteiger partial charge is 0.341 e. The summed E-state index contributed by atoms with van der Waals surface area (Å²) in [4.78, 5) is 22.8. The first-order chi connectivity index (χ1) is 12.0. The lowest BCUT2D eigenvalue weighted by Gasteiger charge is -2.08. The molecule has 0 bridgehead atoms. The Morgan fingerprint density at radius 2 is 1.84 bits per heavy atom. The van der Waals surface area contributed by atoms with Gasteiger partial charge in [-0.3, -0.25) is 4.79 Å². The van der Waals surface area contributed by atoms with E-state index in [1.54, 1.807) is 12.1 Å². The second kappa shape index (κ2) is 6.88. The van der Waals surface area contributed by atoms with Crippen molar-refractivity contribution in [1.29, 1.82) is 0 Å². The molecule has 0 radical (unpaired) electrons. The lowest BCUT2D eigenvalue weighted by Crippen LogP contribution is -2.26. The van der Waals surface area contributed by atoms with E-state index in [0.717, 1.165) is 0 Å². The van der Waals surface area contributed by atoms with Crippen LogP contribution in [0.5, 0.6) is 5.75 Å². The number of hydrogen-bond acceptors (Lipinski definition) is 3. The molecule has 3 rings (SSSR count). The van der Waals surface area contributed by atoms with Crippen LogP contribution in [-0.4, -0.2) is 29.6 Å². The number of carboxylic acid groups (broad SMARTS) is 1. The standard InChI is InChI=1S/C18H15F2NO4/c19-13-5-2-6-14(20)17(13)12-8-15(12)21-18(24)10-3-1-4-11(7-10)25-9-16(22)23/h1-7,12,15H,8-9H2,(H,21,24)(H,22,23). The van der Waals surface area contributed by atoms with Crippen LogP contribution in [0.15, 0.2) is 42.5 Å². The van der Waals surface area contributed by atoms with E-state index < -0.39 is 36.0 Å². The highest BCUT2D eigenvalue weighted by Crippen LogP contribution is 2.43. The van der Waals surface area contributed by atoms with Crippen molar-refractivity contribution in [3.05, 3.63) is 65.2 Å². The molecule has 1 fully saturated rings. The summed E-state index contributed by atoms with van der Waals surface area (Å²) in [6, 6.07) is 9.40. The second-order valence-corrected chi connectivity index (χ2v) is 5.77. The second-order valence-electron chi connectivity index (χ2n) is 5.77. The molecule has 5 nitrogen and oxygen atoms in total. The Hall–Kier alpha value is -2.96. The maximum absolute atomic E-state index is 13.8. The van der Waals surface area contributed by atoms with E-state index in [1.807, 2.05) is 0 Å². The van der Waals surface area contributed by atoms with Crippen LogP contribution in [0.4, 0.5) is 8.78 Å². The Morgan fingerprint density at radius 1 is 1.16 bits per heavy atom. The first kappa shape index (κ1) is 16.9. The number of carboxylic acids is 1. The van der Waals surface area contributed by atoms with Crippen LogP contribution >= 0.6 is 0 Å². The molecule has 1 saturated carbocycles. The summed E-state index contributed by atoms with van der Waals surface area (Å²) in [5.74, 6) is -2.91. The van der Waals surface area contributed by atoms with E-state index in [-0.39, 0.29) is 22.9 Å². The largest absolute Gasteiger partial charge is 0.482 e. The van der Waals surface area contributed by atoms with Gasteiger partial charge in [-0.25, -0.2) is 13.6 Å². The van der Waals surface area contributed by atoms with Gasteiger partial charge in [0.25, 0.3) is 5.91 Å². The number of halogens is 2. The highest BCUT2D eigenvalue weighted by molar-refractivity contribution is 5.95. The van der Waals surface area contributed by atoms with Crippen LogP contribution in [-0.2, 0) is 4.79 Å². The highest BCUT2D eigenvalue weighted by atomic mass is 19.1. The van der Waals surface area contributed by atoms with Gasteiger partial charge in [-0.15, -0.1) is 0 Å². The molecule has 0 saturated heterocycles. The fraction of sp³-hybridized carbons (Fsp3) is 0.222. The number of nitrogens with one attached hydrogen (secondary N) is 1. The number of amides is 1. The lowest BCUT2D eigenvalue weighted by molar-refractivity contribution is -0.139. The SMILES string of the molecule is O=C(O)COc1cccc(C(=O)NC2CC2c2c(F)cccc2F)c1. The van der Waals surface area contributed by atoms with Gasteiger partial charge in [-0.05, 0) is 36.8 Å². The van der Waals surface area contributed by atoms with Gasteiger partial charge in [-0.1, -0.05) is 12.1 Å². The maximum atomic E-state index is 13.8. The van der Waals surface area contributed by atoms with E-state index in [0.29, 0.717) is 6.42 Å². The topological polar surface area (TPSA) is 75.6 Å². The summed E-state index contributed by atoms with van der Waals surface area (Å²) in [6.07, 6.45) is 0.457. The van der Waals surface area contributed by atoms with Crippen LogP contribution in [0.3, 0.4) is 0 Å². The zero-order valence-electron chi connectivity index (χ0n) is 13.0. The van der Waals surface area contributed by atoms with Gasteiger partial charge in [0.05, 0.1) is 0 Å². The molecule has 2 unspecified atom stereocenters. The Labute approximate surface area is 142 Å². The summed E-state index contributed by atoms with van der Waals surface area (Å²) in [7, 11) is 0. The molecule has 2 aromatic rings. The number of benzene rings is 2. The molecule has 7 heteroatoms. The van der Waals surface area contributed by atoms with Crippen LogP contribution in [0.1, 0.15) is 28.3 Å². The number of carbonyl (C=O) groups is 2. The fourth-order valence-electron chi connectivity index (χ4n) is 2.66. The molecule has 0 heterocycles. The number of carbonyl (C=O) groups excluding carboxylic acids is 1. The van der Waals surface area contributed by atoms with Gasteiger partial charge in [0, 0.05) is 23.1 Å². The van der Waals surface area contributed by atoms with Crippen molar-refractivity contribution in [3.8, 4) is 5.75 Å². The molecule has 25 heavy (non-hydrogen) atoms. The van der Waals surface area contributed by atoms with Crippen molar-refractivity contribution in [2.75, 3.05) is 6.61 Å². The quantitative estimate of drug-likeness (QED) is 0.842. The van der Waals surface area contributed by atoms with Gasteiger partial charge < -0.3 is 15.2 Å². The van der Waals surface area contributed by atoms with Crippen molar-refractivity contribution < 1.29 is 28.2 Å². The number of aliphatic carboxylic acids is 1. The highest BCUT2D eigenvalue weighted by Gasteiger charge is 2.42. The Morgan fingerprint density at radius 3 is 2.52 bits per heavy atom. The van der Waals surface area contributed by atoms with Gasteiger partial charge in [-0.2, -0.15) is 0 Å². The first-order valence-electron chi connectivity index (χ1n) is 7.65. The van der Waals surface area contributed by atoms with E-state index in [9.17, 15) is 18.4 Å². The molecule has 2 atom stereocenters. The number of ether oxygens (including phenoxy) is 1. The molecule has 2 N–H and O–H groups in total. The van der Waals surface area contributed by atoms with Crippen molar-refractivity contribution in [2.24, 2.45) is 0 Å². The zero-order chi connectivity index (χ0) is 18.0. The van der Waals surface area contributed by atoms with Crippen molar-refractivity contribution >= 4 is 11.9 Å². The molecule has 130 valence electrons. The molecule has 0 aromatic heterocycles. The van der Waals surface area contributed by atoms with Crippen molar-refractivity contribution in [3.63, 3.8) is 0 Å². The van der Waals surface area contributed by atoms with Crippen LogP contribution < -0.4 is 10.1 Å². The van der Waals surface area contributed by atoms with E-state index in [4.69, 9.17) is 9.84 Å². The third kappa shape index (κ3) is 3.93. The molecule has 0 spiro atoms. The molecule has 2 aromatic carbocycles. The van der Waals surface area contributed by atoms with Crippen molar-refractivity contribution in [1.82, 2.24) is 5.32 Å². The lowest BCUT2D eigenvalue weighted by atomic mass is 10.1. The summed E-state index contributed by atoms with van der Waals surface area (Å²) in [5, 5.41) is 11.3. The van der Waals surface area contributed by atoms with Gasteiger partial charge in [0.15, 0.2) is 6.61 Å². The monoisotopic (exact) mass is 347 g/mol. The normalized spacial score (nSPS) is 18.5. The van der Waals surface area contributed by atoms with E-state index >= 15 is 0 Å². The summed E-state index contributed by atoms with van der Waals surface area (Å²) in [5.41, 5.74) is 0.272. The van der Waals surface area contributed by atoms with Gasteiger partial charge >= 0.3 is 5.97 Å². The van der Waals surface area contributed by atoms with Crippen LogP contribution in [0.25, 0.3) is 0 Å². The summed E-state index contributed by atoms with van der Waals surface area (Å²) < 4.78 is 32.5. The fourth-order valence-corrected chi connectivity index (χ4v) is 2.66. The minimum atomic E-state index is -1.12. The molecular formula is C18H15F2NO4. The zero-order valence-corrected chi connectivity index (χ0v) is 13.0. The molecule has 1 amide bonds. The average molecular weight is 347 g/mol. The predicted octanol–water partition coefficient (Wildman–Crippen LogP) is 2.71. The van der Waals surface area contributed by atoms with E-state index in [2.05, 4.69) is 5.32 Å². The van der Waals surface area contributed by atoms with Crippen LogP contribution in [0, 0.1) is 11.6 Å². The summed E-state index contributed by atoms with van der Waals surface area (Å²) >= 11 is 0. The van der Waals surface area contributed by atoms with Crippen LogP contribution in [0.2, 0.25) is 0 Å². The minimum Gasteiger partial charge on any atom is -0.482 e. The Kier molecular flexibility index (Phi) is 4.65. The maximum Gasteiger partial charge on any atom is 0.341 e. The molecule has 1 aliphatic carbocycles. The van der Waals surface area contributed by atoms with Gasteiger partial charge in [0.1, 0.15) is 17.4 Å². The number of rotatable bonds is 6. The first-order valence-corrected chi connectivity index (χ1v) is 7.65.